The monoisotopic (exact) mass is 387 g/mol. The van der Waals surface area contributed by atoms with E-state index in [2.05, 4.69) is 62.3 Å². The van der Waals surface area contributed by atoms with Crippen LogP contribution < -0.4 is 5.32 Å². The minimum Gasteiger partial charge on any atom is -0.376 e. The van der Waals surface area contributed by atoms with E-state index < -0.39 is 0 Å². The fraction of sp³-hybridized carbons (Fsp3) is 0.240. The number of fused-ring (bicyclic) bond motifs is 1. The average Bonchev–Trinajstić information content (AvgIpc) is 3.00. The number of halogens is 1. The molecule has 0 bridgehead atoms. The number of H-pyrrole nitrogens is 1. The van der Waals surface area contributed by atoms with Crippen LogP contribution in [0.3, 0.4) is 0 Å². The Bertz CT molecular complexity index is 1160. The van der Waals surface area contributed by atoms with Gasteiger partial charge in [-0.05, 0) is 81.1 Å². The zero-order valence-corrected chi connectivity index (χ0v) is 17.3. The minimum atomic E-state index is -0.238. The Kier molecular flexibility index (Phi) is 5.10. The average molecular weight is 388 g/mol. The molecule has 0 saturated heterocycles. The second kappa shape index (κ2) is 7.70. The van der Waals surface area contributed by atoms with Crippen LogP contribution in [0.5, 0.6) is 0 Å². The van der Waals surface area contributed by atoms with Crippen molar-refractivity contribution in [2.75, 3.05) is 5.32 Å². The summed E-state index contributed by atoms with van der Waals surface area (Å²) in [6.45, 7) is 8.47. The van der Waals surface area contributed by atoms with Crippen molar-refractivity contribution in [1.29, 1.82) is 0 Å². The second-order valence-electron chi connectivity index (χ2n) is 7.83. The van der Waals surface area contributed by atoms with Crippen LogP contribution in [-0.2, 0) is 6.42 Å². The number of aromatic nitrogens is 2. The van der Waals surface area contributed by atoms with Crippen molar-refractivity contribution in [2.45, 2.75) is 40.2 Å². The summed E-state index contributed by atoms with van der Waals surface area (Å²) in [6, 6.07) is 15.1. The molecule has 0 spiro atoms. The molecule has 0 amide bonds. The van der Waals surface area contributed by atoms with Crippen LogP contribution in [0.1, 0.15) is 39.7 Å². The van der Waals surface area contributed by atoms with E-state index in [9.17, 15) is 4.39 Å². The summed E-state index contributed by atoms with van der Waals surface area (Å²) in [4.78, 5) is 8.28. The predicted octanol–water partition coefficient (Wildman–Crippen LogP) is 6.33. The van der Waals surface area contributed by atoms with Crippen LogP contribution in [0, 0.1) is 33.5 Å². The first-order valence-electron chi connectivity index (χ1n) is 9.94. The summed E-state index contributed by atoms with van der Waals surface area (Å²) in [7, 11) is 0. The summed E-state index contributed by atoms with van der Waals surface area (Å²) in [5.41, 5.74) is 9.09. The molecule has 0 aliphatic rings. The molecule has 4 heteroatoms. The van der Waals surface area contributed by atoms with Gasteiger partial charge in [0.25, 0.3) is 0 Å². The molecule has 2 N–H and O–H groups in total. The highest BCUT2D eigenvalue weighted by atomic mass is 19.1. The first-order chi connectivity index (χ1) is 13.9. The Labute approximate surface area is 171 Å². The lowest BCUT2D eigenvalue weighted by atomic mass is 9.96. The fourth-order valence-corrected chi connectivity index (χ4v) is 3.87. The number of aryl methyl sites for hydroxylation is 4. The Hall–Kier alpha value is -3.14. The van der Waals surface area contributed by atoms with Crippen LogP contribution in [0.25, 0.3) is 10.9 Å². The van der Waals surface area contributed by atoms with Crippen molar-refractivity contribution in [3.63, 3.8) is 0 Å². The molecule has 2 aromatic heterocycles. The highest BCUT2D eigenvalue weighted by Crippen LogP contribution is 2.31. The van der Waals surface area contributed by atoms with E-state index in [1.165, 1.54) is 39.8 Å². The first-order valence-corrected chi connectivity index (χ1v) is 9.94. The lowest BCUT2D eigenvalue weighted by Crippen LogP contribution is -2.16. The van der Waals surface area contributed by atoms with Crippen LogP contribution in [0.15, 0.2) is 54.7 Å². The van der Waals surface area contributed by atoms with Crippen LogP contribution >= 0.6 is 0 Å². The third-order valence-electron chi connectivity index (χ3n) is 5.70. The molecule has 2 aromatic carbocycles. The number of rotatable bonds is 5. The van der Waals surface area contributed by atoms with Gasteiger partial charge in [-0.1, -0.05) is 23.8 Å². The van der Waals surface area contributed by atoms with Gasteiger partial charge in [0.05, 0.1) is 17.3 Å². The Morgan fingerprint density at radius 1 is 1.00 bits per heavy atom. The molecular formula is C25H26FN3. The Morgan fingerprint density at radius 3 is 2.52 bits per heavy atom. The molecule has 29 heavy (non-hydrogen) atoms. The summed E-state index contributed by atoms with van der Waals surface area (Å²) in [5.74, 6) is -0.238. The van der Waals surface area contributed by atoms with Crippen LogP contribution in [0.4, 0.5) is 10.1 Å². The highest BCUT2D eigenvalue weighted by molar-refractivity contribution is 5.86. The van der Waals surface area contributed by atoms with Gasteiger partial charge in [0.2, 0.25) is 0 Å². The highest BCUT2D eigenvalue weighted by Gasteiger charge is 2.20. The van der Waals surface area contributed by atoms with Crippen molar-refractivity contribution < 1.29 is 4.39 Å². The number of nitrogens with zero attached hydrogens (tertiary/aromatic N) is 1. The van der Waals surface area contributed by atoms with Gasteiger partial charge in [-0.15, -0.1) is 0 Å². The van der Waals surface area contributed by atoms with E-state index in [0.717, 1.165) is 29.0 Å². The van der Waals surface area contributed by atoms with Crippen molar-refractivity contribution in [3.8, 4) is 0 Å². The molecule has 0 radical (unpaired) electrons. The number of anilines is 1. The maximum Gasteiger partial charge on any atom is 0.123 e. The van der Waals surface area contributed by atoms with Crippen LogP contribution in [0.2, 0.25) is 0 Å². The van der Waals surface area contributed by atoms with Gasteiger partial charge in [0.1, 0.15) is 5.82 Å². The molecule has 0 aliphatic heterocycles. The third kappa shape index (κ3) is 3.88. The van der Waals surface area contributed by atoms with E-state index in [0.29, 0.717) is 0 Å². The van der Waals surface area contributed by atoms with Crippen molar-refractivity contribution in [3.05, 3.63) is 94.2 Å². The molecule has 0 saturated carbocycles. The molecule has 0 fully saturated rings. The maximum absolute atomic E-state index is 13.4. The van der Waals surface area contributed by atoms with E-state index in [1.54, 1.807) is 12.1 Å². The van der Waals surface area contributed by atoms with Gasteiger partial charge in [0, 0.05) is 23.0 Å². The van der Waals surface area contributed by atoms with Gasteiger partial charge >= 0.3 is 0 Å². The van der Waals surface area contributed by atoms with E-state index >= 15 is 0 Å². The minimum absolute atomic E-state index is 0.0536. The molecule has 1 unspecified atom stereocenters. The molecule has 2 heterocycles. The molecule has 0 aliphatic carbocycles. The standard InChI is InChI=1S/C25H26FN3/c1-15-5-6-16(2)19(13-15)14-23(29-21-9-7-20(26)8-10-21)25-24-22(11-12-27-25)17(3)18(4)28-24/h5-13,23,28-29H,14H2,1-4H3. The summed E-state index contributed by atoms with van der Waals surface area (Å²) >= 11 is 0. The van der Waals surface area contributed by atoms with E-state index in [-0.39, 0.29) is 11.9 Å². The Balaban J connectivity index is 1.80. The molecule has 148 valence electrons. The molecule has 4 rings (SSSR count). The summed E-state index contributed by atoms with van der Waals surface area (Å²) in [5, 5.41) is 4.78. The van der Waals surface area contributed by atoms with Gasteiger partial charge in [-0.25, -0.2) is 4.39 Å². The number of hydrogen-bond donors (Lipinski definition) is 2. The topological polar surface area (TPSA) is 40.7 Å². The molecule has 1 atom stereocenters. The number of pyridine rings is 1. The van der Waals surface area contributed by atoms with E-state index in [4.69, 9.17) is 4.98 Å². The number of hydrogen-bond acceptors (Lipinski definition) is 2. The predicted molar refractivity (Wildman–Crippen MR) is 118 cm³/mol. The number of benzene rings is 2. The third-order valence-corrected chi connectivity index (χ3v) is 5.70. The zero-order valence-electron chi connectivity index (χ0n) is 17.3. The van der Waals surface area contributed by atoms with Gasteiger partial charge in [0.15, 0.2) is 0 Å². The lowest BCUT2D eigenvalue weighted by molar-refractivity contribution is 0.627. The summed E-state index contributed by atoms with van der Waals surface area (Å²) in [6.07, 6.45) is 2.66. The van der Waals surface area contributed by atoms with Gasteiger partial charge in [-0.3, -0.25) is 4.98 Å². The van der Waals surface area contributed by atoms with Gasteiger partial charge in [-0.2, -0.15) is 0 Å². The largest absolute Gasteiger partial charge is 0.376 e. The Morgan fingerprint density at radius 2 is 1.76 bits per heavy atom. The first kappa shape index (κ1) is 19.2. The molecule has 3 nitrogen and oxygen atoms in total. The van der Waals surface area contributed by atoms with Crippen molar-refractivity contribution >= 4 is 16.6 Å². The lowest BCUT2D eigenvalue weighted by Gasteiger charge is -2.22. The molecule has 4 aromatic rings. The smallest absolute Gasteiger partial charge is 0.123 e. The molecular weight excluding hydrogens is 361 g/mol. The summed E-state index contributed by atoms with van der Waals surface area (Å²) < 4.78 is 13.4. The quantitative estimate of drug-likeness (QED) is 0.420. The van der Waals surface area contributed by atoms with Crippen molar-refractivity contribution in [1.82, 2.24) is 9.97 Å². The second-order valence-corrected chi connectivity index (χ2v) is 7.83. The van der Waals surface area contributed by atoms with Crippen molar-refractivity contribution in [2.24, 2.45) is 0 Å². The fourth-order valence-electron chi connectivity index (χ4n) is 3.87. The van der Waals surface area contributed by atoms with Crippen LogP contribution in [-0.4, -0.2) is 9.97 Å². The maximum atomic E-state index is 13.4. The van der Waals surface area contributed by atoms with Gasteiger partial charge < -0.3 is 10.3 Å². The normalized spacial score (nSPS) is 12.3. The SMILES string of the molecule is Cc1ccc(C)c(CC(Nc2ccc(F)cc2)c2nccc3c(C)c(C)[nH]c23)c1. The number of nitrogens with one attached hydrogen (secondary N) is 2. The zero-order chi connectivity index (χ0) is 20.5. The number of aromatic amines is 1. The van der Waals surface area contributed by atoms with E-state index in [1.807, 2.05) is 6.20 Å².